The third-order valence-electron chi connectivity index (χ3n) is 1.81. The number of alkyl halides is 3. The normalized spacial score (nSPS) is 11.4. The Morgan fingerprint density at radius 3 is 2.67 bits per heavy atom. The largest absolute Gasteiger partial charge is 0.401 e. The molecule has 18 heavy (non-hydrogen) atoms. The molecule has 0 aliphatic carbocycles. The van der Waals surface area contributed by atoms with E-state index in [2.05, 4.69) is 21.2 Å². The second-order valence-corrected chi connectivity index (χ2v) is 4.68. The lowest BCUT2D eigenvalue weighted by atomic mass is 10.3. The van der Waals surface area contributed by atoms with Crippen molar-refractivity contribution in [1.82, 2.24) is 5.32 Å². The smallest absolute Gasteiger partial charge is 0.324 e. The second-order valence-electron chi connectivity index (χ2n) is 3.39. The zero-order chi connectivity index (χ0) is 13.8. The SMILES string of the molecule is O=C(CNCC(F)(F)F)Nc1cc(Cl)ccc1Br. The van der Waals surface area contributed by atoms with Crippen LogP contribution in [0.15, 0.2) is 22.7 Å². The Bertz CT molecular complexity index is 440. The van der Waals surface area contributed by atoms with Gasteiger partial charge in [-0.15, -0.1) is 0 Å². The molecule has 0 aliphatic rings. The highest BCUT2D eigenvalue weighted by molar-refractivity contribution is 9.10. The first-order valence-corrected chi connectivity index (χ1v) is 5.97. The maximum atomic E-state index is 11.8. The van der Waals surface area contributed by atoms with Crippen LogP contribution in [0.5, 0.6) is 0 Å². The van der Waals surface area contributed by atoms with Crippen molar-refractivity contribution in [2.24, 2.45) is 0 Å². The topological polar surface area (TPSA) is 41.1 Å². The third kappa shape index (κ3) is 5.70. The molecule has 8 heteroatoms. The van der Waals surface area contributed by atoms with Gasteiger partial charge in [0.25, 0.3) is 0 Å². The van der Waals surface area contributed by atoms with Gasteiger partial charge in [-0.3, -0.25) is 4.79 Å². The fourth-order valence-corrected chi connectivity index (χ4v) is 1.62. The summed E-state index contributed by atoms with van der Waals surface area (Å²) in [6.45, 7) is -1.64. The fourth-order valence-electron chi connectivity index (χ4n) is 1.11. The number of rotatable bonds is 4. The summed E-state index contributed by atoms with van der Waals surface area (Å²) in [5.41, 5.74) is 0.404. The van der Waals surface area contributed by atoms with Crippen molar-refractivity contribution in [3.8, 4) is 0 Å². The quantitative estimate of drug-likeness (QED) is 0.880. The van der Waals surface area contributed by atoms with Gasteiger partial charge in [0.1, 0.15) is 0 Å². The standard InChI is InChI=1S/C10H9BrClF3N2O/c11-7-2-1-6(12)3-8(7)17-9(18)4-16-5-10(13,14)15/h1-3,16H,4-5H2,(H,17,18). The molecule has 0 aliphatic heterocycles. The number of hydrogen-bond donors (Lipinski definition) is 2. The molecular formula is C10H9BrClF3N2O. The van der Waals surface area contributed by atoms with Gasteiger partial charge in [0.2, 0.25) is 5.91 Å². The van der Waals surface area contributed by atoms with Gasteiger partial charge in [0.15, 0.2) is 0 Å². The molecule has 0 atom stereocenters. The summed E-state index contributed by atoms with van der Waals surface area (Å²) < 4.78 is 36.1. The molecule has 0 radical (unpaired) electrons. The minimum absolute atomic E-state index is 0.404. The van der Waals surface area contributed by atoms with Crippen molar-refractivity contribution in [2.45, 2.75) is 6.18 Å². The van der Waals surface area contributed by atoms with Crippen LogP contribution in [0.4, 0.5) is 18.9 Å². The van der Waals surface area contributed by atoms with Crippen molar-refractivity contribution >= 4 is 39.1 Å². The molecule has 0 saturated carbocycles. The minimum Gasteiger partial charge on any atom is -0.324 e. The molecule has 2 N–H and O–H groups in total. The average molecular weight is 346 g/mol. The molecule has 1 amide bonds. The lowest BCUT2D eigenvalue weighted by Crippen LogP contribution is -2.35. The van der Waals surface area contributed by atoms with E-state index in [1.807, 2.05) is 5.32 Å². The van der Waals surface area contributed by atoms with Crippen molar-refractivity contribution in [2.75, 3.05) is 18.4 Å². The summed E-state index contributed by atoms with van der Waals surface area (Å²) in [5.74, 6) is -0.581. The summed E-state index contributed by atoms with van der Waals surface area (Å²) in [4.78, 5) is 11.4. The van der Waals surface area contributed by atoms with Crippen LogP contribution in [0.1, 0.15) is 0 Å². The lowest BCUT2D eigenvalue weighted by Gasteiger charge is -2.10. The van der Waals surface area contributed by atoms with Gasteiger partial charge in [-0.2, -0.15) is 13.2 Å². The third-order valence-corrected chi connectivity index (χ3v) is 2.74. The molecule has 1 aromatic rings. The van der Waals surface area contributed by atoms with Gasteiger partial charge in [0.05, 0.1) is 18.8 Å². The first-order valence-electron chi connectivity index (χ1n) is 4.80. The van der Waals surface area contributed by atoms with E-state index in [0.717, 1.165) is 0 Å². The molecule has 0 fully saturated rings. The van der Waals surface area contributed by atoms with E-state index in [0.29, 0.717) is 15.2 Å². The molecule has 0 spiro atoms. The highest BCUT2D eigenvalue weighted by Crippen LogP contribution is 2.25. The molecular weight excluding hydrogens is 336 g/mol. The Kier molecular flexibility index (Phi) is 5.43. The van der Waals surface area contributed by atoms with E-state index < -0.39 is 25.2 Å². The maximum absolute atomic E-state index is 11.8. The van der Waals surface area contributed by atoms with Crippen LogP contribution in [-0.2, 0) is 4.79 Å². The maximum Gasteiger partial charge on any atom is 0.401 e. The fraction of sp³-hybridized carbons (Fsp3) is 0.300. The number of carbonyl (C=O) groups excluding carboxylic acids is 1. The predicted octanol–water partition coefficient (Wildman–Crippen LogP) is 3.19. The van der Waals surface area contributed by atoms with Crippen molar-refractivity contribution in [1.29, 1.82) is 0 Å². The number of hydrogen-bond acceptors (Lipinski definition) is 2. The van der Waals surface area contributed by atoms with E-state index in [4.69, 9.17) is 11.6 Å². The molecule has 0 saturated heterocycles. The number of nitrogens with one attached hydrogen (secondary N) is 2. The van der Waals surface area contributed by atoms with Crippen molar-refractivity contribution in [3.05, 3.63) is 27.7 Å². The monoisotopic (exact) mass is 344 g/mol. The first-order chi connectivity index (χ1) is 8.28. The van der Waals surface area contributed by atoms with Crippen molar-refractivity contribution < 1.29 is 18.0 Å². The van der Waals surface area contributed by atoms with E-state index >= 15 is 0 Å². The number of amides is 1. The minimum atomic E-state index is -4.34. The summed E-state index contributed by atoms with van der Waals surface area (Å²) >= 11 is 8.91. The van der Waals surface area contributed by atoms with Gasteiger partial charge in [-0.1, -0.05) is 11.6 Å². The average Bonchev–Trinajstić information content (AvgIpc) is 2.21. The van der Waals surface area contributed by atoms with Crippen LogP contribution in [0.2, 0.25) is 5.02 Å². The molecule has 0 bridgehead atoms. The Balaban J connectivity index is 2.47. The highest BCUT2D eigenvalue weighted by Gasteiger charge is 2.26. The zero-order valence-electron chi connectivity index (χ0n) is 8.94. The van der Waals surface area contributed by atoms with Crippen LogP contribution >= 0.6 is 27.5 Å². The Labute approximate surface area is 115 Å². The number of benzene rings is 1. The highest BCUT2D eigenvalue weighted by atomic mass is 79.9. The van der Waals surface area contributed by atoms with E-state index in [1.54, 1.807) is 12.1 Å². The molecule has 0 heterocycles. The Morgan fingerprint density at radius 1 is 1.39 bits per heavy atom. The van der Waals surface area contributed by atoms with Gasteiger partial charge >= 0.3 is 6.18 Å². The molecule has 100 valence electrons. The lowest BCUT2D eigenvalue weighted by molar-refractivity contribution is -0.126. The van der Waals surface area contributed by atoms with Crippen LogP contribution in [-0.4, -0.2) is 25.2 Å². The Morgan fingerprint density at radius 2 is 2.06 bits per heavy atom. The summed E-state index contributed by atoms with van der Waals surface area (Å²) in [6.07, 6.45) is -4.34. The second kappa shape index (κ2) is 6.40. The zero-order valence-corrected chi connectivity index (χ0v) is 11.3. The van der Waals surface area contributed by atoms with Gasteiger partial charge in [-0.25, -0.2) is 0 Å². The molecule has 1 aromatic carbocycles. The van der Waals surface area contributed by atoms with Crippen LogP contribution < -0.4 is 10.6 Å². The summed E-state index contributed by atoms with van der Waals surface area (Å²) in [7, 11) is 0. The van der Waals surface area contributed by atoms with E-state index in [1.165, 1.54) is 6.07 Å². The Hall–Kier alpha value is -0.790. The number of carbonyl (C=O) groups is 1. The van der Waals surface area contributed by atoms with Gasteiger partial charge in [0, 0.05) is 9.50 Å². The van der Waals surface area contributed by atoms with E-state index in [-0.39, 0.29) is 0 Å². The van der Waals surface area contributed by atoms with E-state index in [9.17, 15) is 18.0 Å². The molecule has 3 nitrogen and oxygen atoms in total. The summed E-state index contributed by atoms with van der Waals surface area (Å²) in [6, 6.07) is 4.73. The van der Waals surface area contributed by atoms with Crippen LogP contribution in [0.3, 0.4) is 0 Å². The predicted molar refractivity (Wildman–Crippen MR) is 66.7 cm³/mol. The summed E-state index contributed by atoms with van der Waals surface area (Å²) in [5, 5.41) is 4.84. The van der Waals surface area contributed by atoms with Gasteiger partial charge < -0.3 is 10.6 Å². The van der Waals surface area contributed by atoms with Crippen LogP contribution in [0.25, 0.3) is 0 Å². The van der Waals surface area contributed by atoms with Crippen LogP contribution in [0, 0.1) is 0 Å². The molecule has 1 rings (SSSR count). The molecule has 0 aromatic heterocycles. The number of anilines is 1. The first kappa shape index (κ1) is 15.3. The molecule has 0 unspecified atom stereocenters. The van der Waals surface area contributed by atoms with Crippen molar-refractivity contribution in [3.63, 3.8) is 0 Å². The number of halogens is 5. The van der Waals surface area contributed by atoms with Gasteiger partial charge in [-0.05, 0) is 34.1 Å².